The van der Waals surface area contributed by atoms with Crippen LogP contribution < -0.4 is 5.32 Å². The summed E-state index contributed by atoms with van der Waals surface area (Å²) in [7, 11) is 0. The first-order chi connectivity index (χ1) is 9.66. The van der Waals surface area contributed by atoms with E-state index in [9.17, 15) is 4.79 Å². The Morgan fingerprint density at radius 1 is 1.20 bits per heavy atom. The van der Waals surface area contributed by atoms with Gasteiger partial charge in [0, 0.05) is 30.1 Å². The summed E-state index contributed by atoms with van der Waals surface area (Å²) in [5.41, 5.74) is 1.44. The van der Waals surface area contributed by atoms with E-state index in [1.54, 1.807) is 11.3 Å². The molecule has 4 heteroatoms. The van der Waals surface area contributed by atoms with Crippen LogP contribution in [0.2, 0.25) is 0 Å². The molecule has 3 rings (SSSR count). The van der Waals surface area contributed by atoms with Crippen LogP contribution in [0.25, 0.3) is 0 Å². The van der Waals surface area contributed by atoms with Crippen LogP contribution in [-0.2, 0) is 12.8 Å². The van der Waals surface area contributed by atoms with Gasteiger partial charge >= 0.3 is 0 Å². The van der Waals surface area contributed by atoms with Gasteiger partial charge in [-0.3, -0.25) is 4.79 Å². The highest BCUT2D eigenvalue weighted by Gasteiger charge is 2.30. The van der Waals surface area contributed by atoms with Gasteiger partial charge < -0.3 is 10.2 Å². The second kappa shape index (κ2) is 5.86. The lowest BCUT2D eigenvalue weighted by molar-refractivity contribution is 0.0549. The van der Waals surface area contributed by atoms with Gasteiger partial charge in [-0.1, -0.05) is 6.42 Å². The highest BCUT2D eigenvalue weighted by Crippen LogP contribution is 2.30. The van der Waals surface area contributed by atoms with Crippen molar-refractivity contribution in [3.05, 3.63) is 21.4 Å². The molecule has 0 bridgehead atoms. The predicted molar refractivity (Wildman–Crippen MR) is 83.5 cm³/mol. The second-order valence-corrected chi connectivity index (χ2v) is 7.33. The van der Waals surface area contributed by atoms with Gasteiger partial charge in [-0.2, -0.15) is 0 Å². The summed E-state index contributed by atoms with van der Waals surface area (Å²) in [6.45, 7) is 6.08. The molecule has 2 aliphatic rings. The van der Waals surface area contributed by atoms with Gasteiger partial charge in [0.05, 0.1) is 4.88 Å². The van der Waals surface area contributed by atoms with Crippen molar-refractivity contribution in [1.82, 2.24) is 10.2 Å². The van der Waals surface area contributed by atoms with Crippen LogP contribution in [0.15, 0.2) is 6.07 Å². The minimum absolute atomic E-state index is 0.240. The van der Waals surface area contributed by atoms with E-state index in [4.69, 9.17) is 0 Å². The van der Waals surface area contributed by atoms with Gasteiger partial charge in [0.15, 0.2) is 0 Å². The lowest BCUT2D eigenvalue weighted by Crippen LogP contribution is -2.57. The summed E-state index contributed by atoms with van der Waals surface area (Å²) >= 11 is 1.74. The van der Waals surface area contributed by atoms with Crippen molar-refractivity contribution >= 4 is 17.2 Å². The maximum absolute atomic E-state index is 12.8. The zero-order valence-corrected chi connectivity index (χ0v) is 13.3. The Kier molecular flexibility index (Phi) is 4.13. The van der Waals surface area contributed by atoms with Crippen molar-refractivity contribution in [2.45, 2.75) is 58.0 Å². The standard InChI is InChI=1S/C16H24N2OS/c1-11-9-17-10-12(2)18(11)16(19)15-8-13-6-4-3-5-7-14(13)20-15/h8,11-12,17H,3-7,9-10H2,1-2H3. The van der Waals surface area contributed by atoms with Crippen molar-refractivity contribution in [2.75, 3.05) is 13.1 Å². The molecule has 0 saturated carbocycles. The van der Waals surface area contributed by atoms with Gasteiger partial charge in [-0.25, -0.2) is 0 Å². The summed E-state index contributed by atoms with van der Waals surface area (Å²) < 4.78 is 0. The molecule has 0 aromatic carbocycles. The van der Waals surface area contributed by atoms with Crippen LogP contribution in [0.5, 0.6) is 0 Å². The molecule has 2 atom stereocenters. The third-order valence-electron chi connectivity index (χ3n) is 4.52. The molecule has 3 nitrogen and oxygen atoms in total. The maximum Gasteiger partial charge on any atom is 0.264 e. The van der Waals surface area contributed by atoms with Crippen molar-refractivity contribution in [1.29, 1.82) is 0 Å². The molecule has 0 radical (unpaired) electrons. The van der Waals surface area contributed by atoms with E-state index in [1.165, 1.54) is 36.1 Å². The Balaban J connectivity index is 1.83. The summed E-state index contributed by atoms with van der Waals surface area (Å²) in [6.07, 6.45) is 6.21. The van der Waals surface area contributed by atoms with E-state index in [0.29, 0.717) is 0 Å². The highest BCUT2D eigenvalue weighted by molar-refractivity contribution is 7.14. The summed E-state index contributed by atoms with van der Waals surface area (Å²) in [4.78, 5) is 17.3. The fourth-order valence-corrected chi connectivity index (χ4v) is 4.63. The monoisotopic (exact) mass is 292 g/mol. The van der Waals surface area contributed by atoms with Gasteiger partial charge in [0.1, 0.15) is 0 Å². The molecule has 0 spiro atoms. The van der Waals surface area contributed by atoms with E-state index < -0.39 is 0 Å². The number of nitrogens with one attached hydrogen (secondary N) is 1. The Morgan fingerprint density at radius 2 is 1.90 bits per heavy atom. The predicted octanol–water partition coefficient (Wildman–Crippen LogP) is 2.84. The summed E-state index contributed by atoms with van der Waals surface area (Å²) in [5, 5.41) is 3.39. The van der Waals surface area contributed by atoms with Crippen molar-refractivity contribution in [3.63, 3.8) is 0 Å². The third-order valence-corrected chi connectivity index (χ3v) is 5.75. The maximum atomic E-state index is 12.8. The SMILES string of the molecule is CC1CNCC(C)N1C(=O)c1cc2c(s1)CCCCC2. The number of rotatable bonds is 1. The first-order valence-corrected chi connectivity index (χ1v) is 8.63. The number of nitrogens with zero attached hydrogens (tertiary/aromatic N) is 1. The van der Waals surface area contributed by atoms with Crippen LogP contribution in [-0.4, -0.2) is 36.0 Å². The van der Waals surface area contributed by atoms with E-state index in [0.717, 1.165) is 24.4 Å². The zero-order chi connectivity index (χ0) is 14.1. The summed E-state index contributed by atoms with van der Waals surface area (Å²) in [5.74, 6) is 0.240. The molecule has 2 heterocycles. The van der Waals surface area contributed by atoms with Crippen LogP contribution in [0, 0.1) is 0 Å². The Morgan fingerprint density at radius 3 is 2.65 bits per heavy atom. The number of thiophene rings is 1. The Labute approximate surface area is 125 Å². The molecular weight excluding hydrogens is 268 g/mol. The Bertz CT molecular complexity index is 463. The smallest absolute Gasteiger partial charge is 0.264 e. The van der Waals surface area contributed by atoms with Gasteiger partial charge in [-0.15, -0.1) is 11.3 Å². The average molecular weight is 292 g/mol. The molecule has 1 aliphatic carbocycles. The molecule has 110 valence electrons. The number of fused-ring (bicyclic) bond motifs is 1. The first kappa shape index (κ1) is 14.1. The molecule has 1 saturated heterocycles. The highest BCUT2D eigenvalue weighted by atomic mass is 32.1. The van der Waals surface area contributed by atoms with Crippen LogP contribution in [0.3, 0.4) is 0 Å². The van der Waals surface area contributed by atoms with E-state index in [2.05, 4.69) is 30.1 Å². The van der Waals surface area contributed by atoms with Crippen LogP contribution >= 0.6 is 11.3 Å². The largest absolute Gasteiger partial charge is 0.330 e. The lowest BCUT2D eigenvalue weighted by Gasteiger charge is -2.39. The topological polar surface area (TPSA) is 32.3 Å². The molecule has 1 aromatic heterocycles. The van der Waals surface area contributed by atoms with Crippen molar-refractivity contribution in [2.24, 2.45) is 0 Å². The molecular formula is C16H24N2OS. The Hall–Kier alpha value is -0.870. The number of aryl methyl sites for hydroxylation is 2. The minimum Gasteiger partial charge on any atom is -0.330 e. The third kappa shape index (κ3) is 2.63. The van der Waals surface area contributed by atoms with E-state index in [-0.39, 0.29) is 18.0 Å². The fraction of sp³-hybridized carbons (Fsp3) is 0.688. The normalized spacial score (nSPS) is 27.0. The summed E-state index contributed by atoms with van der Waals surface area (Å²) in [6, 6.07) is 2.75. The van der Waals surface area contributed by atoms with Crippen molar-refractivity contribution in [3.8, 4) is 0 Å². The van der Waals surface area contributed by atoms with Gasteiger partial charge in [-0.05, 0) is 51.2 Å². The van der Waals surface area contributed by atoms with E-state index >= 15 is 0 Å². The number of carbonyl (C=O) groups excluding carboxylic acids is 1. The van der Waals surface area contributed by atoms with E-state index in [1.807, 2.05) is 0 Å². The molecule has 2 unspecified atom stereocenters. The number of carbonyl (C=O) groups is 1. The average Bonchev–Trinajstić information content (AvgIpc) is 2.70. The lowest BCUT2D eigenvalue weighted by atomic mass is 10.1. The molecule has 1 amide bonds. The first-order valence-electron chi connectivity index (χ1n) is 7.82. The zero-order valence-electron chi connectivity index (χ0n) is 12.4. The van der Waals surface area contributed by atoms with Gasteiger partial charge in [0.25, 0.3) is 5.91 Å². The second-order valence-electron chi connectivity index (χ2n) is 6.19. The minimum atomic E-state index is 0.240. The van der Waals surface area contributed by atoms with Crippen molar-refractivity contribution < 1.29 is 4.79 Å². The van der Waals surface area contributed by atoms with Crippen LogP contribution in [0.4, 0.5) is 0 Å². The quantitative estimate of drug-likeness (QED) is 0.807. The van der Waals surface area contributed by atoms with Gasteiger partial charge in [0.2, 0.25) is 0 Å². The number of hydrogen-bond acceptors (Lipinski definition) is 3. The molecule has 1 fully saturated rings. The van der Waals surface area contributed by atoms with Crippen LogP contribution in [0.1, 0.15) is 53.2 Å². The molecule has 1 N–H and O–H groups in total. The fourth-order valence-electron chi connectivity index (χ4n) is 3.43. The number of piperazine rings is 1. The molecule has 1 aliphatic heterocycles. The molecule has 1 aromatic rings. The molecule has 20 heavy (non-hydrogen) atoms. The number of hydrogen-bond donors (Lipinski definition) is 1. The number of amides is 1.